The number of hydrogen-bond donors (Lipinski definition) is 0. The van der Waals surface area contributed by atoms with Gasteiger partial charge in [-0.15, -0.1) is 0 Å². The summed E-state index contributed by atoms with van der Waals surface area (Å²) in [5.74, 6) is -0.554. The summed E-state index contributed by atoms with van der Waals surface area (Å²) in [6.45, 7) is 1.31. The van der Waals surface area contributed by atoms with E-state index in [1.165, 1.54) is 38.5 Å². The van der Waals surface area contributed by atoms with Crippen LogP contribution < -0.4 is 9.47 Å². The first-order valence-electron chi connectivity index (χ1n) is 10.3. The Morgan fingerprint density at radius 3 is 1.97 bits per heavy atom. The lowest BCUT2D eigenvalue weighted by Gasteiger charge is -2.15. The predicted octanol–water partition coefficient (Wildman–Crippen LogP) is 5.22. The second-order valence-corrected chi connectivity index (χ2v) is 9.62. The molecule has 3 aromatic carbocycles. The summed E-state index contributed by atoms with van der Waals surface area (Å²) >= 11 is 0. The normalized spacial score (nSPS) is 11.7. The van der Waals surface area contributed by atoms with Gasteiger partial charge in [0.1, 0.15) is 16.4 Å². The molecule has 6 nitrogen and oxygen atoms in total. The van der Waals surface area contributed by atoms with Gasteiger partial charge >= 0.3 is 12.1 Å². The van der Waals surface area contributed by atoms with Gasteiger partial charge in [0.2, 0.25) is 0 Å². The minimum Gasteiger partial charge on any atom is -0.495 e. The van der Waals surface area contributed by atoms with Crippen molar-refractivity contribution in [1.29, 1.82) is 0 Å². The topological polar surface area (TPSA) is 78.9 Å². The molecule has 0 aromatic heterocycles. The minimum atomic E-state index is -4.41. The zero-order chi connectivity index (χ0) is 25.8. The molecule has 0 N–H and O–H groups in total. The molecule has 0 aliphatic carbocycles. The molecule has 35 heavy (non-hydrogen) atoms. The van der Waals surface area contributed by atoms with Gasteiger partial charge in [-0.3, -0.25) is 0 Å². The zero-order valence-electron chi connectivity index (χ0n) is 19.2. The number of ether oxygens (including phenoxy) is 3. The molecule has 0 radical (unpaired) electrons. The van der Waals surface area contributed by atoms with Crippen molar-refractivity contribution in [3.8, 4) is 22.6 Å². The number of aryl methyl sites for hydroxylation is 1. The average Bonchev–Trinajstić information content (AvgIpc) is 2.82. The lowest BCUT2D eigenvalue weighted by atomic mass is 10.0. The van der Waals surface area contributed by atoms with E-state index >= 15 is 0 Å². The fourth-order valence-electron chi connectivity index (χ4n) is 3.34. The van der Waals surface area contributed by atoms with Crippen molar-refractivity contribution in [2.75, 3.05) is 20.8 Å². The predicted molar refractivity (Wildman–Crippen MR) is 123 cm³/mol. The zero-order valence-corrected chi connectivity index (χ0v) is 20.0. The number of halogens is 3. The lowest BCUT2D eigenvalue weighted by molar-refractivity contribution is -0.143. The van der Waals surface area contributed by atoms with Crippen molar-refractivity contribution in [3.05, 3.63) is 77.4 Å². The fourth-order valence-corrected chi connectivity index (χ4v) is 4.93. The van der Waals surface area contributed by atoms with Gasteiger partial charge in [0.25, 0.3) is 0 Å². The van der Waals surface area contributed by atoms with Crippen molar-refractivity contribution in [2.24, 2.45) is 0 Å². The summed E-state index contributed by atoms with van der Waals surface area (Å²) in [5.41, 5.74) is 1.47. The Hall–Kier alpha value is -3.53. The standard InChI is InChI=1S/C25H23F3O6S/c1-16-12-23(22(32-2)13-21(16)34-14-24(29)33-3)35(30,31)15-17-4-6-18(7-5-17)19-8-10-20(11-9-19)25(26,27)28/h4-13H,14-15H2,1-3H3. The molecule has 3 rings (SSSR count). The summed E-state index contributed by atoms with van der Waals surface area (Å²) in [7, 11) is -1.27. The highest BCUT2D eigenvalue weighted by Crippen LogP contribution is 2.34. The van der Waals surface area contributed by atoms with Crippen LogP contribution in [0.4, 0.5) is 13.2 Å². The number of rotatable bonds is 8. The maximum absolute atomic E-state index is 13.1. The smallest absolute Gasteiger partial charge is 0.416 e. The molecule has 3 aromatic rings. The third kappa shape index (κ3) is 6.33. The van der Waals surface area contributed by atoms with Crippen LogP contribution >= 0.6 is 0 Å². The van der Waals surface area contributed by atoms with E-state index in [1.807, 2.05) is 0 Å². The Labute approximate surface area is 201 Å². The minimum absolute atomic E-state index is 0.0327. The van der Waals surface area contributed by atoms with Crippen molar-refractivity contribution >= 4 is 15.8 Å². The Morgan fingerprint density at radius 1 is 0.886 bits per heavy atom. The largest absolute Gasteiger partial charge is 0.495 e. The second kappa shape index (κ2) is 10.4. The summed E-state index contributed by atoms with van der Waals surface area (Å²) in [6, 6.07) is 14.1. The summed E-state index contributed by atoms with van der Waals surface area (Å²) in [5, 5.41) is 0. The van der Waals surface area contributed by atoms with Crippen molar-refractivity contribution in [2.45, 2.75) is 23.7 Å². The van der Waals surface area contributed by atoms with Crippen LogP contribution in [0.1, 0.15) is 16.7 Å². The van der Waals surface area contributed by atoms with Crippen LogP contribution in [-0.2, 0) is 31.3 Å². The van der Waals surface area contributed by atoms with E-state index in [-0.39, 0.29) is 28.8 Å². The maximum atomic E-state index is 13.1. The van der Waals surface area contributed by atoms with Gasteiger partial charge < -0.3 is 14.2 Å². The molecule has 0 amide bonds. The molecule has 0 aliphatic heterocycles. The number of carbonyl (C=O) groups excluding carboxylic acids is 1. The molecule has 10 heteroatoms. The van der Waals surface area contributed by atoms with Crippen LogP contribution in [0.3, 0.4) is 0 Å². The van der Waals surface area contributed by atoms with Gasteiger partial charge in [0.05, 0.1) is 25.5 Å². The Balaban J connectivity index is 1.81. The van der Waals surface area contributed by atoms with Gasteiger partial charge in [0.15, 0.2) is 16.4 Å². The third-order valence-electron chi connectivity index (χ3n) is 5.23. The van der Waals surface area contributed by atoms with Crippen LogP contribution in [0, 0.1) is 6.92 Å². The van der Waals surface area contributed by atoms with Crippen molar-refractivity contribution in [3.63, 3.8) is 0 Å². The van der Waals surface area contributed by atoms with E-state index < -0.39 is 27.5 Å². The van der Waals surface area contributed by atoms with Gasteiger partial charge in [-0.2, -0.15) is 13.2 Å². The van der Waals surface area contributed by atoms with Gasteiger partial charge in [-0.25, -0.2) is 13.2 Å². The highest BCUT2D eigenvalue weighted by molar-refractivity contribution is 7.90. The first kappa shape index (κ1) is 26.1. The Morgan fingerprint density at radius 2 is 1.46 bits per heavy atom. The number of carbonyl (C=O) groups is 1. The van der Waals surface area contributed by atoms with Crippen LogP contribution in [0.25, 0.3) is 11.1 Å². The molecular formula is C25H23F3O6S. The molecule has 0 bridgehead atoms. The molecule has 0 saturated heterocycles. The van der Waals surface area contributed by atoms with Crippen LogP contribution in [0.15, 0.2) is 65.6 Å². The number of benzene rings is 3. The molecule has 0 heterocycles. The molecule has 0 aliphatic rings. The van der Waals surface area contributed by atoms with E-state index in [0.29, 0.717) is 22.3 Å². The molecule has 0 atom stereocenters. The Kier molecular flexibility index (Phi) is 7.74. The van der Waals surface area contributed by atoms with Crippen LogP contribution in [0.5, 0.6) is 11.5 Å². The van der Waals surface area contributed by atoms with E-state index in [4.69, 9.17) is 9.47 Å². The molecule has 0 saturated carbocycles. The number of sulfone groups is 1. The highest BCUT2D eigenvalue weighted by atomic mass is 32.2. The van der Waals surface area contributed by atoms with Crippen LogP contribution in [-0.4, -0.2) is 35.2 Å². The average molecular weight is 509 g/mol. The number of hydrogen-bond acceptors (Lipinski definition) is 6. The van der Waals surface area contributed by atoms with Gasteiger partial charge in [-0.1, -0.05) is 36.4 Å². The fraction of sp³-hybridized carbons (Fsp3) is 0.240. The monoisotopic (exact) mass is 508 g/mol. The van der Waals surface area contributed by atoms with Crippen molar-refractivity contribution < 1.29 is 40.6 Å². The molecular weight excluding hydrogens is 485 g/mol. The van der Waals surface area contributed by atoms with Crippen molar-refractivity contribution in [1.82, 2.24) is 0 Å². The first-order chi connectivity index (χ1) is 16.4. The summed E-state index contributed by atoms with van der Waals surface area (Å²) < 4.78 is 79.8. The summed E-state index contributed by atoms with van der Waals surface area (Å²) in [6.07, 6.45) is -4.41. The summed E-state index contributed by atoms with van der Waals surface area (Å²) in [4.78, 5) is 11.3. The Bertz CT molecular complexity index is 1300. The SMILES string of the molecule is COC(=O)COc1cc(OC)c(S(=O)(=O)Cc2ccc(-c3ccc(C(F)(F)F)cc3)cc2)cc1C. The molecule has 0 unspecified atom stereocenters. The van der Waals surface area contributed by atoms with Gasteiger partial charge in [0, 0.05) is 6.07 Å². The first-order valence-corrected chi connectivity index (χ1v) is 12.0. The quantitative estimate of drug-likeness (QED) is 0.389. The van der Waals surface area contributed by atoms with E-state index in [1.54, 1.807) is 31.2 Å². The molecule has 0 fully saturated rings. The third-order valence-corrected chi connectivity index (χ3v) is 6.93. The molecule has 0 spiro atoms. The lowest BCUT2D eigenvalue weighted by Crippen LogP contribution is -2.14. The van der Waals surface area contributed by atoms with E-state index in [9.17, 15) is 26.4 Å². The second-order valence-electron chi connectivity index (χ2n) is 7.66. The maximum Gasteiger partial charge on any atom is 0.416 e. The highest BCUT2D eigenvalue weighted by Gasteiger charge is 2.30. The number of esters is 1. The number of methoxy groups -OCH3 is 2. The number of alkyl halides is 3. The van der Waals surface area contributed by atoms with E-state index in [0.717, 1.165) is 12.1 Å². The molecule has 186 valence electrons. The van der Waals surface area contributed by atoms with Crippen LogP contribution in [0.2, 0.25) is 0 Å². The van der Waals surface area contributed by atoms with E-state index in [2.05, 4.69) is 4.74 Å². The van der Waals surface area contributed by atoms with Gasteiger partial charge in [-0.05, 0) is 47.4 Å².